The number of carbonyl (C=O) groups excluding carboxylic acids is 1. The second-order valence-corrected chi connectivity index (χ2v) is 3.40. The summed E-state index contributed by atoms with van der Waals surface area (Å²) in [7, 11) is 0. The van der Waals surface area contributed by atoms with E-state index < -0.39 is 0 Å². The van der Waals surface area contributed by atoms with Crippen LogP contribution in [-0.2, 0) is 0 Å². The molecule has 15 heavy (non-hydrogen) atoms. The Bertz CT molecular complexity index is 546. The highest BCUT2D eigenvalue weighted by atomic mass is 16.7. The molecule has 0 atom stereocenters. The third kappa shape index (κ3) is 1.16. The number of aldehydes is 1. The molecule has 0 bridgehead atoms. The van der Waals surface area contributed by atoms with Crippen molar-refractivity contribution in [2.24, 2.45) is 0 Å². The normalized spacial score (nSPS) is 13.1. The Kier molecular flexibility index (Phi) is 1.65. The first-order valence-electron chi connectivity index (χ1n) is 4.66. The summed E-state index contributed by atoms with van der Waals surface area (Å²) < 4.78 is 10.6. The molecule has 1 aliphatic rings. The summed E-state index contributed by atoms with van der Waals surface area (Å²) in [5, 5.41) is 1.97. The van der Waals surface area contributed by atoms with Gasteiger partial charge in [0.05, 0.1) is 0 Å². The topological polar surface area (TPSA) is 35.5 Å². The van der Waals surface area contributed by atoms with E-state index in [2.05, 4.69) is 0 Å². The molecular weight excluding hydrogens is 192 g/mol. The summed E-state index contributed by atoms with van der Waals surface area (Å²) in [5.74, 6) is 1.53. The second-order valence-electron chi connectivity index (χ2n) is 3.40. The molecule has 0 amide bonds. The largest absolute Gasteiger partial charge is 0.454 e. The Morgan fingerprint density at radius 2 is 2.07 bits per heavy atom. The molecule has 0 spiro atoms. The molecule has 0 radical (unpaired) electrons. The van der Waals surface area contributed by atoms with Gasteiger partial charge in [0.2, 0.25) is 6.79 Å². The standard InChI is InChI=1S/C12H8O3/c13-6-8-1-3-10-9(5-8)2-4-11-12(10)15-7-14-11/h1-6H,7H2. The van der Waals surface area contributed by atoms with Gasteiger partial charge in [-0.25, -0.2) is 0 Å². The minimum atomic E-state index is 0.268. The van der Waals surface area contributed by atoms with Crippen molar-refractivity contribution in [2.45, 2.75) is 0 Å². The molecule has 2 aromatic rings. The first-order valence-corrected chi connectivity index (χ1v) is 4.66. The van der Waals surface area contributed by atoms with Crippen LogP contribution in [0.2, 0.25) is 0 Å². The van der Waals surface area contributed by atoms with Gasteiger partial charge < -0.3 is 9.47 Å². The molecule has 3 nitrogen and oxygen atoms in total. The van der Waals surface area contributed by atoms with Crippen molar-refractivity contribution in [3.8, 4) is 11.5 Å². The lowest BCUT2D eigenvalue weighted by molar-refractivity contribution is 0.112. The fourth-order valence-electron chi connectivity index (χ4n) is 1.79. The maximum absolute atomic E-state index is 10.6. The van der Waals surface area contributed by atoms with Crippen molar-refractivity contribution in [3.63, 3.8) is 0 Å². The molecule has 74 valence electrons. The van der Waals surface area contributed by atoms with Crippen molar-refractivity contribution in [2.75, 3.05) is 6.79 Å². The number of fused-ring (bicyclic) bond motifs is 3. The highest BCUT2D eigenvalue weighted by Crippen LogP contribution is 2.38. The van der Waals surface area contributed by atoms with Gasteiger partial charge in [-0.3, -0.25) is 4.79 Å². The molecule has 3 rings (SSSR count). The molecule has 1 aliphatic heterocycles. The predicted molar refractivity (Wildman–Crippen MR) is 55.5 cm³/mol. The Hall–Kier alpha value is -2.03. The van der Waals surface area contributed by atoms with Gasteiger partial charge in [0.15, 0.2) is 11.5 Å². The van der Waals surface area contributed by atoms with Crippen LogP contribution in [0.3, 0.4) is 0 Å². The van der Waals surface area contributed by atoms with Crippen LogP contribution in [0.25, 0.3) is 10.8 Å². The zero-order valence-corrected chi connectivity index (χ0v) is 7.90. The van der Waals surface area contributed by atoms with E-state index in [0.29, 0.717) is 5.56 Å². The number of hydrogen-bond acceptors (Lipinski definition) is 3. The van der Waals surface area contributed by atoms with Gasteiger partial charge in [-0.05, 0) is 23.6 Å². The number of hydrogen-bond donors (Lipinski definition) is 0. The predicted octanol–water partition coefficient (Wildman–Crippen LogP) is 2.38. The second kappa shape index (κ2) is 2.98. The number of rotatable bonds is 1. The van der Waals surface area contributed by atoms with Crippen molar-refractivity contribution in [1.82, 2.24) is 0 Å². The quantitative estimate of drug-likeness (QED) is 0.663. The van der Waals surface area contributed by atoms with Crippen molar-refractivity contribution in [1.29, 1.82) is 0 Å². The molecule has 0 N–H and O–H groups in total. The zero-order chi connectivity index (χ0) is 10.3. The molecule has 0 saturated heterocycles. The van der Waals surface area contributed by atoms with Crippen LogP contribution in [0, 0.1) is 0 Å². The molecule has 2 aromatic carbocycles. The maximum atomic E-state index is 10.6. The summed E-state index contributed by atoms with van der Waals surface area (Å²) in [4.78, 5) is 10.6. The van der Waals surface area contributed by atoms with E-state index in [4.69, 9.17) is 9.47 Å². The lowest BCUT2D eigenvalue weighted by Crippen LogP contribution is -1.93. The van der Waals surface area contributed by atoms with Crippen LogP contribution in [0.5, 0.6) is 11.5 Å². The van der Waals surface area contributed by atoms with Crippen molar-refractivity contribution >= 4 is 17.1 Å². The van der Waals surface area contributed by atoms with Gasteiger partial charge in [-0.1, -0.05) is 12.1 Å². The monoisotopic (exact) mass is 200 g/mol. The van der Waals surface area contributed by atoms with E-state index in [-0.39, 0.29) is 6.79 Å². The molecular formula is C12H8O3. The van der Waals surface area contributed by atoms with Crippen LogP contribution < -0.4 is 9.47 Å². The average Bonchev–Trinajstić information content (AvgIpc) is 2.76. The van der Waals surface area contributed by atoms with Crippen LogP contribution >= 0.6 is 0 Å². The van der Waals surface area contributed by atoms with Gasteiger partial charge in [0, 0.05) is 10.9 Å². The number of ether oxygens (including phenoxy) is 2. The van der Waals surface area contributed by atoms with E-state index in [1.165, 1.54) is 0 Å². The molecule has 0 saturated carbocycles. The summed E-state index contributed by atoms with van der Waals surface area (Å²) in [6.45, 7) is 0.268. The molecule has 0 unspecified atom stereocenters. The lowest BCUT2D eigenvalue weighted by Gasteiger charge is -2.02. The van der Waals surface area contributed by atoms with E-state index in [1.807, 2.05) is 24.3 Å². The van der Waals surface area contributed by atoms with E-state index in [9.17, 15) is 4.79 Å². The summed E-state index contributed by atoms with van der Waals surface area (Å²) in [6.07, 6.45) is 0.837. The van der Waals surface area contributed by atoms with Crippen LogP contribution in [0.1, 0.15) is 10.4 Å². The minimum absolute atomic E-state index is 0.268. The van der Waals surface area contributed by atoms with Crippen molar-refractivity contribution in [3.05, 3.63) is 35.9 Å². The van der Waals surface area contributed by atoms with Gasteiger partial charge >= 0.3 is 0 Å². The average molecular weight is 200 g/mol. The Morgan fingerprint density at radius 3 is 2.93 bits per heavy atom. The first-order chi connectivity index (χ1) is 7.38. The SMILES string of the molecule is O=Cc1ccc2c3c(ccc2c1)OCO3. The number of carbonyl (C=O) groups is 1. The fraction of sp³-hybridized carbons (Fsp3) is 0.0833. The Balaban J connectivity index is 2.33. The van der Waals surface area contributed by atoms with Crippen molar-refractivity contribution < 1.29 is 14.3 Å². The number of benzene rings is 2. The highest BCUT2D eigenvalue weighted by Gasteiger charge is 2.16. The zero-order valence-electron chi connectivity index (χ0n) is 7.90. The Morgan fingerprint density at radius 1 is 1.13 bits per heavy atom. The molecule has 0 fully saturated rings. The van der Waals surface area contributed by atoms with Crippen LogP contribution in [0.4, 0.5) is 0 Å². The van der Waals surface area contributed by atoms with E-state index in [0.717, 1.165) is 28.6 Å². The molecule has 3 heteroatoms. The van der Waals surface area contributed by atoms with Crippen LogP contribution in [-0.4, -0.2) is 13.1 Å². The van der Waals surface area contributed by atoms with E-state index in [1.54, 1.807) is 6.07 Å². The van der Waals surface area contributed by atoms with Gasteiger partial charge in [-0.2, -0.15) is 0 Å². The molecule has 1 heterocycles. The maximum Gasteiger partial charge on any atom is 0.231 e. The summed E-state index contributed by atoms with van der Waals surface area (Å²) >= 11 is 0. The Labute approximate surface area is 86.2 Å². The summed E-state index contributed by atoms with van der Waals surface area (Å²) in [6, 6.07) is 9.28. The van der Waals surface area contributed by atoms with Gasteiger partial charge in [0.1, 0.15) is 6.29 Å². The third-order valence-electron chi connectivity index (χ3n) is 2.51. The highest BCUT2D eigenvalue weighted by molar-refractivity contribution is 5.94. The molecule has 0 aromatic heterocycles. The molecule has 0 aliphatic carbocycles. The van der Waals surface area contributed by atoms with Gasteiger partial charge in [0.25, 0.3) is 0 Å². The smallest absolute Gasteiger partial charge is 0.231 e. The summed E-state index contributed by atoms with van der Waals surface area (Å²) in [5.41, 5.74) is 0.668. The minimum Gasteiger partial charge on any atom is -0.454 e. The lowest BCUT2D eigenvalue weighted by atomic mass is 10.1. The third-order valence-corrected chi connectivity index (χ3v) is 2.51. The van der Waals surface area contributed by atoms with E-state index >= 15 is 0 Å². The van der Waals surface area contributed by atoms with Crippen LogP contribution in [0.15, 0.2) is 30.3 Å². The van der Waals surface area contributed by atoms with Gasteiger partial charge in [-0.15, -0.1) is 0 Å². The fourth-order valence-corrected chi connectivity index (χ4v) is 1.79. The first kappa shape index (κ1) is 8.29.